The minimum absolute atomic E-state index is 0.0921. The number of unbranched alkanes of at least 4 members (excludes halogenated alkanes) is 4. The van der Waals surface area contributed by atoms with Crippen molar-refractivity contribution >= 4 is 23.5 Å². The van der Waals surface area contributed by atoms with Gasteiger partial charge in [-0.3, -0.25) is 9.59 Å². The van der Waals surface area contributed by atoms with Crippen LogP contribution in [0.15, 0.2) is 18.2 Å². The molecule has 0 aliphatic carbocycles. The SMILES string of the molecule is CCC(C)N(C)C.O=C(O)CCCCCCCNC(=O)c1cc(Cl)ccc1O. The van der Waals surface area contributed by atoms with E-state index in [4.69, 9.17) is 16.7 Å². The average molecular weight is 415 g/mol. The van der Waals surface area contributed by atoms with Crippen molar-refractivity contribution in [3.63, 3.8) is 0 Å². The predicted molar refractivity (Wildman–Crippen MR) is 114 cm³/mol. The number of halogens is 1. The van der Waals surface area contributed by atoms with Gasteiger partial charge in [0, 0.05) is 24.0 Å². The fraction of sp³-hybridized carbons (Fsp3) is 0.619. The van der Waals surface area contributed by atoms with E-state index in [1.165, 1.54) is 24.6 Å². The molecule has 1 rings (SSSR count). The van der Waals surface area contributed by atoms with E-state index in [2.05, 4.69) is 38.2 Å². The summed E-state index contributed by atoms with van der Waals surface area (Å²) in [6, 6.07) is 5.07. The van der Waals surface area contributed by atoms with E-state index >= 15 is 0 Å². The maximum Gasteiger partial charge on any atom is 0.303 e. The molecule has 0 bridgehead atoms. The highest BCUT2D eigenvalue weighted by Crippen LogP contribution is 2.21. The van der Waals surface area contributed by atoms with Gasteiger partial charge in [-0.25, -0.2) is 0 Å². The van der Waals surface area contributed by atoms with E-state index in [0.717, 1.165) is 31.7 Å². The zero-order valence-corrected chi connectivity index (χ0v) is 18.3. The van der Waals surface area contributed by atoms with Gasteiger partial charge in [0.25, 0.3) is 5.91 Å². The summed E-state index contributed by atoms with van der Waals surface area (Å²) < 4.78 is 0. The first-order valence-electron chi connectivity index (χ1n) is 9.83. The Labute approximate surface area is 173 Å². The van der Waals surface area contributed by atoms with Crippen LogP contribution in [0.3, 0.4) is 0 Å². The van der Waals surface area contributed by atoms with E-state index in [0.29, 0.717) is 18.0 Å². The summed E-state index contributed by atoms with van der Waals surface area (Å²) >= 11 is 5.78. The van der Waals surface area contributed by atoms with Gasteiger partial charge in [-0.1, -0.05) is 37.8 Å². The number of amides is 1. The molecule has 1 aromatic rings. The van der Waals surface area contributed by atoms with Crippen molar-refractivity contribution in [2.24, 2.45) is 0 Å². The topological polar surface area (TPSA) is 89.9 Å². The van der Waals surface area contributed by atoms with E-state index in [1.807, 2.05) is 0 Å². The third kappa shape index (κ3) is 12.6. The van der Waals surface area contributed by atoms with Gasteiger partial charge >= 0.3 is 5.97 Å². The monoisotopic (exact) mass is 414 g/mol. The fourth-order valence-electron chi connectivity index (χ4n) is 2.28. The summed E-state index contributed by atoms with van der Waals surface area (Å²) in [5.41, 5.74) is 0.170. The second-order valence-corrected chi connectivity index (χ2v) is 7.49. The zero-order valence-electron chi connectivity index (χ0n) is 17.5. The number of nitrogens with zero attached hydrogens (tertiary/aromatic N) is 1. The Morgan fingerprint density at radius 1 is 1.14 bits per heavy atom. The smallest absolute Gasteiger partial charge is 0.303 e. The normalized spacial score (nSPS) is 11.5. The number of rotatable bonds is 11. The van der Waals surface area contributed by atoms with Crippen molar-refractivity contribution in [1.82, 2.24) is 10.2 Å². The molecule has 0 saturated carbocycles. The lowest BCUT2D eigenvalue weighted by molar-refractivity contribution is -0.137. The Hall–Kier alpha value is -1.79. The lowest BCUT2D eigenvalue weighted by Gasteiger charge is -2.16. The van der Waals surface area contributed by atoms with Gasteiger partial charge in [0.1, 0.15) is 5.75 Å². The van der Waals surface area contributed by atoms with E-state index in [-0.39, 0.29) is 23.6 Å². The minimum atomic E-state index is -0.761. The van der Waals surface area contributed by atoms with Crippen LogP contribution in [-0.4, -0.2) is 53.7 Å². The lowest BCUT2D eigenvalue weighted by atomic mass is 10.1. The first-order valence-corrected chi connectivity index (χ1v) is 10.2. The number of hydrogen-bond acceptors (Lipinski definition) is 4. The van der Waals surface area contributed by atoms with Gasteiger partial charge in [0.2, 0.25) is 0 Å². The summed E-state index contributed by atoms with van der Waals surface area (Å²) in [6.45, 7) is 4.94. The Kier molecular flexibility index (Phi) is 14.2. The van der Waals surface area contributed by atoms with Crippen LogP contribution in [0.25, 0.3) is 0 Å². The number of nitrogens with one attached hydrogen (secondary N) is 1. The highest BCUT2D eigenvalue weighted by atomic mass is 35.5. The molecule has 0 aliphatic heterocycles. The molecule has 0 heterocycles. The van der Waals surface area contributed by atoms with Crippen LogP contribution in [0.4, 0.5) is 0 Å². The Morgan fingerprint density at radius 2 is 1.75 bits per heavy atom. The first-order chi connectivity index (χ1) is 13.2. The van der Waals surface area contributed by atoms with Gasteiger partial charge < -0.3 is 20.4 Å². The number of carbonyl (C=O) groups is 2. The molecule has 7 heteroatoms. The zero-order chi connectivity index (χ0) is 21.5. The van der Waals surface area contributed by atoms with Crippen molar-refractivity contribution in [2.45, 2.75) is 64.8 Å². The van der Waals surface area contributed by atoms with Crippen molar-refractivity contribution in [3.8, 4) is 5.75 Å². The van der Waals surface area contributed by atoms with Gasteiger partial charge in [0.05, 0.1) is 5.56 Å². The molecule has 1 amide bonds. The second kappa shape index (κ2) is 15.2. The highest BCUT2D eigenvalue weighted by molar-refractivity contribution is 6.31. The Balaban J connectivity index is 0.000000887. The molecular formula is C21H35ClN2O4. The first kappa shape index (κ1) is 26.2. The van der Waals surface area contributed by atoms with Crippen LogP contribution < -0.4 is 5.32 Å². The highest BCUT2D eigenvalue weighted by Gasteiger charge is 2.10. The van der Waals surface area contributed by atoms with Crippen LogP contribution in [0.2, 0.25) is 5.02 Å². The van der Waals surface area contributed by atoms with Crippen LogP contribution in [-0.2, 0) is 4.79 Å². The van der Waals surface area contributed by atoms with Gasteiger partial charge in [-0.2, -0.15) is 0 Å². The Morgan fingerprint density at radius 3 is 2.29 bits per heavy atom. The summed E-state index contributed by atoms with van der Waals surface area (Å²) in [4.78, 5) is 24.4. The molecule has 1 atom stereocenters. The molecule has 0 aliphatic rings. The van der Waals surface area contributed by atoms with Crippen molar-refractivity contribution in [2.75, 3.05) is 20.6 Å². The third-order valence-corrected chi connectivity index (χ3v) is 4.76. The molecule has 3 N–H and O–H groups in total. The van der Waals surface area contributed by atoms with Crippen molar-refractivity contribution in [3.05, 3.63) is 28.8 Å². The Bertz CT molecular complexity index is 594. The minimum Gasteiger partial charge on any atom is -0.507 e. The summed E-state index contributed by atoms with van der Waals surface area (Å²) in [7, 11) is 4.21. The van der Waals surface area contributed by atoms with Crippen LogP contribution in [0.5, 0.6) is 5.75 Å². The maximum absolute atomic E-state index is 11.8. The fourth-order valence-corrected chi connectivity index (χ4v) is 2.46. The largest absolute Gasteiger partial charge is 0.507 e. The molecule has 1 unspecified atom stereocenters. The van der Waals surface area contributed by atoms with Gasteiger partial charge in [0.15, 0.2) is 0 Å². The van der Waals surface area contributed by atoms with Crippen LogP contribution in [0, 0.1) is 0 Å². The number of benzene rings is 1. The number of aliphatic carboxylic acids is 1. The molecule has 160 valence electrons. The number of carboxylic acid groups (broad SMARTS) is 1. The molecule has 0 spiro atoms. The number of carboxylic acids is 1. The molecule has 0 fully saturated rings. The van der Waals surface area contributed by atoms with Crippen molar-refractivity contribution in [1.29, 1.82) is 0 Å². The molecule has 0 radical (unpaired) electrons. The molecular weight excluding hydrogens is 380 g/mol. The van der Waals surface area contributed by atoms with Crippen LogP contribution >= 0.6 is 11.6 Å². The average Bonchev–Trinajstić information content (AvgIpc) is 2.65. The number of phenols is 1. The number of hydrogen-bond donors (Lipinski definition) is 3. The third-order valence-electron chi connectivity index (χ3n) is 4.53. The number of phenolic OH excluding ortho intramolecular Hbond substituents is 1. The lowest BCUT2D eigenvalue weighted by Crippen LogP contribution is -2.24. The standard InChI is InChI=1S/C15H20ClNO4.C6H15N/c16-11-7-8-13(18)12(10-11)15(21)17-9-5-3-1-2-4-6-14(19)20;1-5-6(2)7(3)4/h7-8,10,18H,1-6,9H2,(H,17,21)(H,19,20);6H,5H2,1-4H3. The van der Waals surface area contributed by atoms with Crippen molar-refractivity contribution < 1.29 is 19.8 Å². The van der Waals surface area contributed by atoms with Crippen LogP contribution in [0.1, 0.15) is 69.2 Å². The number of carbonyl (C=O) groups excluding carboxylic acids is 1. The summed E-state index contributed by atoms with van der Waals surface area (Å²) in [5.74, 6) is -1.20. The van der Waals surface area contributed by atoms with Gasteiger partial charge in [-0.15, -0.1) is 0 Å². The molecule has 1 aromatic carbocycles. The molecule has 28 heavy (non-hydrogen) atoms. The van der Waals surface area contributed by atoms with Gasteiger partial charge in [-0.05, 0) is 58.5 Å². The van der Waals surface area contributed by atoms with E-state index in [9.17, 15) is 14.7 Å². The maximum atomic E-state index is 11.8. The summed E-state index contributed by atoms with van der Waals surface area (Å²) in [5, 5.41) is 21.2. The number of aromatic hydroxyl groups is 1. The predicted octanol–water partition coefficient (Wildman–Crippen LogP) is 4.55. The second-order valence-electron chi connectivity index (χ2n) is 7.05. The molecule has 0 saturated heterocycles. The van der Waals surface area contributed by atoms with E-state index in [1.54, 1.807) is 0 Å². The molecule has 0 aromatic heterocycles. The summed E-state index contributed by atoms with van der Waals surface area (Å²) in [6.07, 6.45) is 5.73. The van der Waals surface area contributed by atoms with E-state index < -0.39 is 5.97 Å². The quantitative estimate of drug-likeness (QED) is 0.462. The molecule has 6 nitrogen and oxygen atoms in total.